The van der Waals surface area contributed by atoms with Crippen molar-refractivity contribution >= 4 is 86.1 Å². The van der Waals surface area contributed by atoms with Crippen molar-refractivity contribution in [3.05, 3.63) is 71.7 Å². The van der Waals surface area contributed by atoms with Crippen LogP contribution in [-0.4, -0.2) is 27.3 Å². The predicted molar refractivity (Wildman–Crippen MR) is 148 cm³/mol. The largest absolute Gasteiger partial charge is 0.762 e. The topological polar surface area (TPSA) is 122 Å². The molecular weight excluding hydrogens is 629 g/mol. The number of nitriles is 3. The van der Waals surface area contributed by atoms with E-state index in [1.807, 2.05) is 23.5 Å². The highest BCUT2D eigenvalue weighted by Gasteiger charge is 2.46. The van der Waals surface area contributed by atoms with E-state index in [0.29, 0.717) is 4.91 Å². The SMILES string of the molecule is N#CC(=C=[N-])c1c(F)c(F)c(C(C#N)(C#N)c2cnc(C3=CS[C](c4sc5c([s+]4)SCCS5)S3)[nH]2)c(F)c1F. The Balaban J connectivity index is 1.51. The van der Waals surface area contributed by atoms with Crippen LogP contribution in [0.1, 0.15) is 26.8 Å². The number of aromatic amines is 1. The van der Waals surface area contributed by atoms with E-state index in [9.17, 15) is 19.3 Å². The van der Waals surface area contributed by atoms with Gasteiger partial charge >= 0.3 is 0 Å². The van der Waals surface area contributed by atoms with Gasteiger partial charge in [0.25, 0.3) is 4.19 Å². The molecule has 0 saturated carbocycles. The highest BCUT2D eigenvalue weighted by atomic mass is 32.2. The van der Waals surface area contributed by atoms with Gasteiger partial charge in [-0.05, 0) is 5.41 Å². The smallest absolute Gasteiger partial charge is 0.286 e. The van der Waals surface area contributed by atoms with Gasteiger partial charge in [0.2, 0.25) is 13.8 Å². The van der Waals surface area contributed by atoms with Crippen molar-refractivity contribution in [2.75, 3.05) is 11.5 Å². The van der Waals surface area contributed by atoms with Gasteiger partial charge in [0.05, 0.1) is 45.6 Å². The van der Waals surface area contributed by atoms with Crippen LogP contribution in [0, 0.1) is 61.8 Å². The molecule has 0 unspecified atom stereocenters. The molecule has 16 heteroatoms. The third-order valence-corrected chi connectivity index (χ3v) is 14.1. The number of rotatable bonds is 5. The maximum Gasteiger partial charge on any atom is 0.286 e. The van der Waals surface area contributed by atoms with E-state index in [4.69, 9.17) is 10.7 Å². The van der Waals surface area contributed by atoms with Gasteiger partial charge in [-0.1, -0.05) is 35.3 Å². The first-order chi connectivity index (χ1) is 18.8. The molecule has 2 aliphatic rings. The summed E-state index contributed by atoms with van der Waals surface area (Å²) in [6, 6.07) is 4.08. The van der Waals surface area contributed by atoms with Crippen molar-refractivity contribution in [3.63, 3.8) is 0 Å². The van der Waals surface area contributed by atoms with Crippen molar-refractivity contribution in [1.29, 1.82) is 15.8 Å². The summed E-state index contributed by atoms with van der Waals surface area (Å²) in [5.74, 6) is -4.85. The second-order valence-corrected chi connectivity index (χ2v) is 14.7. The van der Waals surface area contributed by atoms with E-state index >= 15 is 8.78 Å². The summed E-state index contributed by atoms with van der Waals surface area (Å²) in [6.45, 7) is 0. The van der Waals surface area contributed by atoms with Gasteiger partial charge in [0, 0.05) is 11.5 Å². The van der Waals surface area contributed by atoms with Crippen LogP contribution >= 0.6 is 69.7 Å². The van der Waals surface area contributed by atoms with Crippen molar-refractivity contribution in [2.24, 2.45) is 0 Å². The minimum absolute atomic E-state index is 0.186. The van der Waals surface area contributed by atoms with Gasteiger partial charge in [-0.3, -0.25) is 0 Å². The summed E-state index contributed by atoms with van der Waals surface area (Å²) >= 11 is 9.86. The molecule has 0 bridgehead atoms. The molecule has 39 heavy (non-hydrogen) atoms. The molecule has 0 spiro atoms. The highest BCUT2D eigenvalue weighted by molar-refractivity contribution is 8.30. The zero-order chi connectivity index (χ0) is 27.9. The van der Waals surface area contributed by atoms with Gasteiger partial charge in [-0.25, -0.2) is 28.4 Å². The van der Waals surface area contributed by atoms with Gasteiger partial charge in [-0.15, -0.1) is 11.8 Å². The Morgan fingerprint density at radius 2 is 1.74 bits per heavy atom. The number of hydrogen-bond acceptors (Lipinski definition) is 9. The summed E-state index contributed by atoms with van der Waals surface area (Å²) in [4.78, 5) is 7.48. The third kappa shape index (κ3) is 4.58. The fourth-order valence-corrected chi connectivity index (χ4v) is 12.1. The van der Waals surface area contributed by atoms with E-state index in [-0.39, 0.29) is 5.82 Å². The summed E-state index contributed by atoms with van der Waals surface area (Å²) in [5.41, 5.74) is -7.54. The Kier molecular flexibility index (Phi) is 7.86. The van der Waals surface area contributed by atoms with E-state index in [2.05, 4.69) is 9.97 Å². The van der Waals surface area contributed by atoms with Crippen molar-refractivity contribution in [3.8, 4) is 18.2 Å². The molecule has 193 valence electrons. The van der Waals surface area contributed by atoms with Crippen LogP contribution in [0.4, 0.5) is 17.6 Å². The number of nitrogens with zero attached hydrogens (tertiary/aromatic N) is 5. The van der Waals surface area contributed by atoms with Crippen LogP contribution in [0.2, 0.25) is 0 Å². The lowest BCUT2D eigenvalue weighted by molar-refractivity contribution is 0.427. The van der Waals surface area contributed by atoms with Gasteiger partial charge in [-0.2, -0.15) is 15.8 Å². The van der Waals surface area contributed by atoms with Crippen LogP contribution in [0.15, 0.2) is 20.0 Å². The molecule has 2 aromatic heterocycles. The van der Waals surface area contributed by atoms with Crippen molar-refractivity contribution in [2.45, 2.75) is 13.8 Å². The third-order valence-electron chi connectivity index (χ3n) is 5.39. The first kappa shape index (κ1) is 27.8. The second kappa shape index (κ2) is 11.0. The average molecular weight is 636 g/mol. The summed E-state index contributed by atoms with van der Waals surface area (Å²) in [6.07, 6.45) is 0.996. The standard InChI is InChI=1S/C23H7F4N6S6/c24-14-12(9(3-28)4-29)15(25)17(27)13(16(14)26)23(7-30,8-31)11-5-32-18(33-11)10-6-36-21(37-10)22-38-19-20(39-22)35-2-1-34-19/h5-6H,1-2H2,(H,32,33). The Bertz CT molecular complexity index is 1670. The molecule has 5 rings (SSSR count). The molecule has 0 atom stereocenters. The van der Waals surface area contributed by atoms with Gasteiger partial charge < -0.3 is 10.4 Å². The molecule has 6 nitrogen and oxygen atoms in total. The molecule has 4 heterocycles. The van der Waals surface area contributed by atoms with Crippen molar-refractivity contribution in [1.82, 2.24) is 9.97 Å². The Labute approximate surface area is 243 Å². The van der Waals surface area contributed by atoms with Crippen LogP contribution in [0.5, 0.6) is 0 Å². The average Bonchev–Trinajstić information content (AvgIpc) is 3.72. The number of thioether (sulfide) groups is 4. The van der Waals surface area contributed by atoms with E-state index in [1.165, 1.54) is 56.0 Å². The van der Waals surface area contributed by atoms with Gasteiger partial charge in [0.1, 0.15) is 34.6 Å². The number of nitrogens with one attached hydrogen (secondary N) is 1. The first-order valence-electron chi connectivity index (χ1n) is 10.4. The summed E-state index contributed by atoms with van der Waals surface area (Å²) < 4.78 is 64.6. The van der Waals surface area contributed by atoms with Gasteiger partial charge in [0.15, 0.2) is 27.9 Å². The highest BCUT2D eigenvalue weighted by Crippen LogP contribution is 2.58. The normalized spacial score (nSPS) is 15.1. The monoisotopic (exact) mass is 635 g/mol. The van der Waals surface area contributed by atoms with Crippen LogP contribution in [0.3, 0.4) is 0 Å². The molecule has 1 aromatic carbocycles. The van der Waals surface area contributed by atoms with E-state index < -0.39 is 51.1 Å². The molecule has 1 N–H and O–H groups in total. The summed E-state index contributed by atoms with van der Waals surface area (Å²) in [5, 5.41) is 39.4. The Morgan fingerprint density at radius 1 is 1.05 bits per heavy atom. The number of halogens is 4. The quantitative estimate of drug-likeness (QED) is 0.101. The van der Waals surface area contributed by atoms with Crippen LogP contribution in [0.25, 0.3) is 15.9 Å². The zero-order valence-corrected chi connectivity index (χ0v) is 23.7. The number of aromatic nitrogens is 2. The Hall–Kier alpha value is -2.74. The van der Waals surface area contributed by atoms with Crippen LogP contribution < -0.4 is 0 Å². The lowest BCUT2D eigenvalue weighted by atomic mass is 9.79. The summed E-state index contributed by atoms with van der Waals surface area (Å²) in [7, 11) is 0. The molecule has 2 aliphatic heterocycles. The van der Waals surface area contributed by atoms with Crippen molar-refractivity contribution < 1.29 is 17.6 Å². The Morgan fingerprint density at radius 3 is 2.36 bits per heavy atom. The maximum absolute atomic E-state index is 15.2. The minimum atomic E-state index is -2.87. The number of H-pyrrole nitrogens is 1. The first-order valence-corrected chi connectivity index (χ1v) is 15.7. The fraction of sp³-hybridized carbons (Fsp3) is 0.130. The molecule has 0 saturated heterocycles. The number of benzene rings is 1. The number of imidazole rings is 1. The lowest BCUT2D eigenvalue weighted by Crippen LogP contribution is -2.29. The molecule has 0 fully saturated rings. The predicted octanol–water partition coefficient (Wildman–Crippen LogP) is 7.36. The number of allylic oxidation sites excluding steroid dienone is 1. The van der Waals surface area contributed by atoms with E-state index in [0.717, 1.165) is 26.5 Å². The lowest BCUT2D eigenvalue weighted by Gasteiger charge is -2.20. The number of hydrogen-bond donors (Lipinski definition) is 1. The number of fused-ring (bicyclic) bond motifs is 1. The molecule has 0 amide bonds. The second-order valence-electron chi connectivity index (χ2n) is 7.48. The zero-order valence-electron chi connectivity index (χ0n) is 18.8. The molecule has 3 aromatic rings. The van der Waals surface area contributed by atoms with Crippen LogP contribution in [-0.2, 0) is 5.41 Å². The fourth-order valence-electron chi connectivity index (χ4n) is 3.60. The molecule has 0 aliphatic carbocycles. The molecular formula is C23H7F4N6S6. The minimum Gasteiger partial charge on any atom is -0.762 e. The van der Waals surface area contributed by atoms with E-state index in [1.54, 1.807) is 28.1 Å². The maximum atomic E-state index is 15.2. The molecule has 1 radical (unpaired) electrons.